The van der Waals surface area contributed by atoms with E-state index >= 15 is 0 Å². The van der Waals surface area contributed by atoms with E-state index < -0.39 is 0 Å². The van der Waals surface area contributed by atoms with Gasteiger partial charge in [-0.3, -0.25) is 19.2 Å². The molecule has 0 fully saturated rings. The molecule has 0 unspecified atom stereocenters. The van der Waals surface area contributed by atoms with Crippen LogP contribution in [0.2, 0.25) is 0 Å². The first-order chi connectivity index (χ1) is 23.0. The number of carbonyl (C=O) groups is 4. The molecule has 48 heavy (non-hydrogen) atoms. The number of hydrogen-bond donors (Lipinski definition) is 0. The maximum Gasteiger partial charge on any atom is 0.266 e. The van der Waals surface area contributed by atoms with Crippen LogP contribution >= 0.6 is 0 Å². The molecule has 0 aromatic heterocycles. The summed E-state index contributed by atoms with van der Waals surface area (Å²) in [5.74, 6) is 1.13. The molecule has 240 valence electrons. The Kier molecular flexibility index (Phi) is 8.41. The first-order valence-electron chi connectivity index (χ1n) is 15.4. The van der Waals surface area contributed by atoms with E-state index in [1.807, 2.05) is 73.7 Å². The lowest BCUT2D eigenvalue weighted by Gasteiger charge is -2.26. The van der Waals surface area contributed by atoms with Gasteiger partial charge in [0.05, 0.1) is 22.4 Å². The Labute approximate surface area is 279 Å². The van der Waals surface area contributed by atoms with Crippen molar-refractivity contribution in [1.29, 1.82) is 0 Å². The standard InChI is InChI=1S/C40H34N2O6/c1-25-7-6-8-29(21-25)42-38(45)35-20-18-33(23-36(35)39(42)46)48-31-15-11-28(12-16-31)40(2,3)27-9-13-30(14-10-27)47-32-17-19-34(26(22-32)24-43)37(44)41(4)5/h6-24H,1-5H3. The molecule has 0 N–H and O–H groups in total. The molecule has 6 rings (SSSR count). The molecule has 1 heterocycles. The largest absolute Gasteiger partial charge is 0.457 e. The van der Waals surface area contributed by atoms with Crippen LogP contribution in [0.25, 0.3) is 0 Å². The number of fused-ring (bicyclic) bond motifs is 1. The molecule has 0 aliphatic carbocycles. The zero-order chi connectivity index (χ0) is 34.2. The van der Waals surface area contributed by atoms with E-state index in [1.165, 1.54) is 9.80 Å². The van der Waals surface area contributed by atoms with Crippen LogP contribution in [0.5, 0.6) is 23.0 Å². The van der Waals surface area contributed by atoms with Gasteiger partial charge in [0.1, 0.15) is 23.0 Å². The van der Waals surface area contributed by atoms with Gasteiger partial charge < -0.3 is 14.4 Å². The molecule has 0 bridgehead atoms. The van der Waals surface area contributed by atoms with Crippen LogP contribution in [-0.4, -0.2) is 43.0 Å². The molecule has 0 radical (unpaired) electrons. The number of benzene rings is 5. The zero-order valence-electron chi connectivity index (χ0n) is 27.3. The van der Waals surface area contributed by atoms with Crippen LogP contribution in [0.15, 0.2) is 109 Å². The van der Waals surface area contributed by atoms with Crippen molar-refractivity contribution in [2.24, 2.45) is 0 Å². The number of nitrogens with zero attached hydrogens (tertiary/aromatic N) is 2. The molecule has 5 aromatic carbocycles. The topological polar surface area (TPSA) is 93.2 Å². The van der Waals surface area contributed by atoms with Crippen LogP contribution in [0.4, 0.5) is 5.69 Å². The quantitative estimate of drug-likeness (QED) is 0.119. The van der Waals surface area contributed by atoms with Crippen LogP contribution in [0.3, 0.4) is 0 Å². The van der Waals surface area contributed by atoms with E-state index in [0.717, 1.165) is 16.7 Å². The van der Waals surface area contributed by atoms with Gasteiger partial charge in [-0.05, 0) is 96.4 Å². The summed E-state index contributed by atoms with van der Waals surface area (Å²) in [7, 11) is 3.27. The first-order valence-corrected chi connectivity index (χ1v) is 15.4. The highest BCUT2D eigenvalue weighted by atomic mass is 16.5. The van der Waals surface area contributed by atoms with Gasteiger partial charge in [0.2, 0.25) is 0 Å². The SMILES string of the molecule is Cc1cccc(N2C(=O)c3ccc(Oc4ccc(C(C)(C)c5ccc(Oc6ccc(C(=O)N(C)C)c(C=O)c6)cc5)cc4)cc3C2=O)c1. The molecule has 0 saturated heterocycles. The normalized spacial score (nSPS) is 12.5. The Morgan fingerprint density at radius 3 is 1.79 bits per heavy atom. The molecule has 8 nitrogen and oxygen atoms in total. The molecule has 8 heteroatoms. The van der Waals surface area contributed by atoms with E-state index in [2.05, 4.69) is 13.8 Å². The molecule has 1 aliphatic heterocycles. The number of carbonyl (C=O) groups excluding carboxylic acids is 4. The minimum Gasteiger partial charge on any atom is -0.457 e. The average molecular weight is 639 g/mol. The Bertz CT molecular complexity index is 2060. The molecule has 5 aromatic rings. The summed E-state index contributed by atoms with van der Waals surface area (Å²) in [6.07, 6.45) is 0.653. The highest BCUT2D eigenvalue weighted by molar-refractivity contribution is 6.34. The lowest BCUT2D eigenvalue weighted by Crippen LogP contribution is -2.29. The second-order valence-corrected chi connectivity index (χ2v) is 12.4. The van der Waals surface area contributed by atoms with Crippen molar-refractivity contribution in [2.45, 2.75) is 26.2 Å². The van der Waals surface area contributed by atoms with Gasteiger partial charge in [-0.25, -0.2) is 4.90 Å². The molecule has 0 atom stereocenters. The number of imide groups is 1. The Hall–Kier alpha value is -6.02. The molecular formula is C40H34N2O6. The monoisotopic (exact) mass is 638 g/mol. The van der Waals surface area contributed by atoms with Crippen LogP contribution in [0, 0.1) is 6.92 Å². The van der Waals surface area contributed by atoms with E-state index in [9.17, 15) is 19.2 Å². The van der Waals surface area contributed by atoms with Gasteiger partial charge in [-0.2, -0.15) is 0 Å². The lowest BCUT2D eigenvalue weighted by atomic mass is 9.78. The average Bonchev–Trinajstić information content (AvgIpc) is 3.33. The van der Waals surface area contributed by atoms with Gasteiger partial charge in [0, 0.05) is 25.1 Å². The van der Waals surface area contributed by atoms with Crippen molar-refractivity contribution in [2.75, 3.05) is 19.0 Å². The van der Waals surface area contributed by atoms with Gasteiger partial charge >= 0.3 is 0 Å². The number of rotatable bonds is 9. The Morgan fingerprint density at radius 1 is 0.688 bits per heavy atom. The highest BCUT2D eigenvalue weighted by Crippen LogP contribution is 2.36. The summed E-state index contributed by atoms with van der Waals surface area (Å²) in [6, 6.07) is 32.5. The van der Waals surface area contributed by atoms with Crippen molar-refractivity contribution in [1.82, 2.24) is 4.90 Å². The third kappa shape index (κ3) is 6.08. The minimum absolute atomic E-state index is 0.252. The van der Waals surface area contributed by atoms with E-state index in [0.29, 0.717) is 51.7 Å². The molecular weight excluding hydrogens is 604 g/mol. The Morgan fingerprint density at radius 2 is 1.23 bits per heavy atom. The van der Waals surface area contributed by atoms with E-state index in [1.54, 1.807) is 56.6 Å². The number of aldehydes is 1. The Balaban J connectivity index is 1.14. The number of ether oxygens (including phenoxy) is 2. The summed E-state index contributed by atoms with van der Waals surface area (Å²) < 4.78 is 12.1. The summed E-state index contributed by atoms with van der Waals surface area (Å²) >= 11 is 0. The first kappa shape index (κ1) is 31.9. The minimum atomic E-state index is -0.375. The number of hydrogen-bond acceptors (Lipinski definition) is 6. The van der Waals surface area contributed by atoms with Crippen LogP contribution in [0.1, 0.15) is 72.0 Å². The fourth-order valence-corrected chi connectivity index (χ4v) is 5.74. The highest BCUT2D eigenvalue weighted by Gasteiger charge is 2.37. The molecule has 1 aliphatic rings. The van der Waals surface area contributed by atoms with Crippen molar-refractivity contribution in [3.8, 4) is 23.0 Å². The van der Waals surface area contributed by atoms with Gasteiger partial charge in [0.15, 0.2) is 6.29 Å². The molecule has 0 saturated carbocycles. The van der Waals surface area contributed by atoms with Gasteiger partial charge in [-0.15, -0.1) is 0 Å². The fourth-order valence-electron chi connectivity index (χ4n) is 5.74. The van der Waals surface area contributed by atoms with Crippen molar-refractivity contribution >= 4 is 29.7 Å². The third-order valence-corrected chi connectivity index (χ3v) is 8.53. The van der Waals surface area contributed by atoms with Gasteiger partial charge in [-0.1, -0.05) is 50.2 Å². The number of anilines is 1. The summed E-state index contributed by atoms with van der Waals surface area (Å²) in [4.78, 5) is 52.9. The lowest BCUT2D eigenvalue weighted by molar-refractivity contribution is 0.0823. The fraction of sp³-hybridized carbons (Fsp3) is 0.150. The third-order valence-electron chi connectivity index (χ3n) is 8.53. The van der Waals surface area contributed by atoms with E-state index in [4.69, 9.17) is 9.47 Å². The summed E-state index contributed by atoms with van der Waals surface area (Å²) in [6.45, 7) is 6.16. The number of amides is 3. The van der Waals surface area contributed by atoms with Crippen molar-refractivity contribution < 1.29 is 28.7 Å². The van der Waals surface area contributed by atoms with Gasteiger partial charge in [0.25, 0.3) is 17.7 Å². The maximum atomic E-state index is 13.2. The predicted octanol–water partition coefficient (Wildman–Crippen LogP) is 8.22. The zero-order valence-corrected chi connectivity index (χ0v) is 27.3. The maximum absolute atomic E-state index is 13.2. The predicted molar refractivity (Wildman–Crippen MR) is 184 cm³/mol. The van der Waals surface area contributed by atoms with Crippen LogP contribution in [-0.2, 0) is 5.41 Å². The van der Waals surface area contributed by atoms with Crippen molar-refractivity contribution in [3.63, 3.8) is 0 Å². The number of aryl methyl sites for hydroxylation is 1. The molecule has 0 spiro atoms. The summed E-state index contributed by atoms with van der Waals surface area (Å²) in [5, 5.41) is 0. The summed E-state index contributed by atoms with van der Waals surface area (Å²) in [5.41, 5.74) is 4.51. The second kappa shape index (κ2) is 12.6. The van der Waals surface area contributed by atoms with Crippen LogP contribution < -0.4 is 14.4 Å². The molecule has 3 amide bonds. The second-order valence-electron chi connectivity index (χ2n) is 12.4. The smallest absolute Gasteiger partial charge is 0.266 e. The van der Waals surface area contributed by atoms with E-state index in [-0.39, 0.29) is 28.7 Å². The van der Waals surface area contributed by atoms with Crippen molar-refractivity contribution in [3.05, 3.63) is 148 Å².